The Balaban J connectivity index is 1.97. The van der Waals surface area contributed by atoms with E-state index in [-0.39, 0.29) is 10.6 Å². The Hall–Kier alpha value is -1.20. The Morgan fingerprint density at radius 1 is 1.42 bits per heavy atom. The number of halogens is 3. The molecule has 3 nitrogen and oxygen atoms in total. The second-order valence-corrected chi connectivity index (χ2v) is 5.08. The number of benzene rings is 1. The van der Waals surface area contributed by atoms with Crippen molar-refractivity contribution < 1.29 is 13.6 Å². The summed E-state index contributed by atoms with van der Waals surface area (Å²) in [6, 6.07) is 1.64. The van der Waals surface area contributed by atoms with Crippen molar-refractivity contribution in [3.05, 3.63) is 34.4 Å². The maximum Gasteiger partial charge on any atom is 0.252 e. The lowest BCUT2D eigenvalue weighted by atomic mass is 9.99. The Kier molecular flexibility index (Phi) is 4.71. The summed E-state index contributed by atoms with van der Waals surface area (Å²) in [6.07, 6.45) is 2.12. The van der Waals surface area contributed by atoms with Crippen LogP contribution >= 0.6 is 11.6 Å². The lowest BCUT2D eigenvalue weighted by molar-refractivity contribution is 0.0944. The Morgan fingerprint density at radius 2 is 2.16 bits per heavy atom. The summed E-state index contributed by atoms with van der Waals surface area (Å²) in [4.78, 5) is 11.9. The van der Waals surface area contributed by atoms with E-state index < -0.39 is 17.5 Å². The van der Waals surface area contributed by atoms with Crippen molar-refractivity contribution >= 4 is 17.5 Å². The van der Waals surface area contributed by atoms with Crippen molar-refractivity contribution in [3.63, 3.8) is 0 Å². The molecule has 1 atom stereocenters. The first-order valence-corrected chi connectivity index (χ1v) is 6.59. The fourth-order valence-corrected chi connectivity index (χ4v) is 2.36. The van der Waals surface area contributed by atoms with Gasteiger partial charge in [-0.3, -0.25) is 4.79 Å². The van der Waals surface area contributed by atoms with E-state index in [1.165, 1.54) is 0 Å². The first-order chi connectivity index (χ1) is 9.08. The molecule has 0 aromatic heterocycles. The van der Waals surface area contributed by atoms with E-state index in [9.17, 15) is 13.6 Å². The van der Waals surface area contributed by atoms with Crippen LogP contribution in [0.15, 0.2) is 12.1 Å². The number of hydrogen-bond donors (Lipinski definition) is 2. The minimum absolute atomic E-state index is 0.0377. The molecule has 0 bridgehead atoms. The van der Waals surface area contributed by atoms with Crippen molar-refractivity contribution in [1.29, 1.82) is 0 Å². The van der Waals surface area contributed by atoms with Crippen LogP contribution in [0.25, 0.3) is 0 Å². The molecule has 19 heavy (non-hydrogen) atoms. The second kappa shape index (κ2) is 6.30. The van der Waals surface area contributed by atoms with Gasteiger partial charge in [-0.1, -0.05) is 11.6 Å². The molecule has 2 rings (SSSR count). The van der Waals surface area contributed by atoms with Crippen LogP contribution in [0.5, 0.6) is 0 Å². The number of nitrogens with one attached hydrogen (secondary N) is 2. The zero-order chi connectivity index (χ0) is 13.8. The standard InChI is InChI=1S/C13H15ClF2N2O/c14-10-5-12(16)11(15)4-9(10)13(19)18-7-8-2-1-3-17-6-8/h4-5,8,17H,1-3,6-7H2,(H,18,19). The summed E-state index contributed by atoms with van der Waals surface area (Å²) in [6.45, 7) is 2.35. The van der Waals surface area contributed by atoms with Gasteiger partial charge in [0.1, 0.15) is 0 Å². The van der Waals surface area contributed by atoms with E-state index in [4.69, 9.17) is 11.6 Å². The van der Waals surface area contributed by atoms with Gasteiger partial charge in [0.05, 0.1) is 10.6 Å². The highest BCUT2D eigenvalue weighted by Crippen LogP contribution is 2.20. The summed E-state index contributed by atoms with van der Waals surface area (Å²) in [5.74, 6) is -2.25. The van der Waals surface area contributed by atoms with Crippen molar-refractivity contribution in [3.8, 4) is 0 Å². The summed E-state index contributed by atoms with van der Waals surface area (Å²) in [7, 11) is 0. The fraction of sp³-hybridized carbons (Fsp3) is 0.462. The highest BCUT2D eigenvalue weighted by molar-refractivity contribution is 6.33. The number of rotatable bonds is 3. The molecule has 1 heterocycles. The molecule has 1 fully saturated rings. The average molecular weight is 289 g/mol. The van der Waals surface area contributed by atoms with Gasteiger partial charge >= 0.3 is 0 Å². The Bertz CT molecular complexity index is 476. The number of piperidine rings is 1. The lowest BCUT2D eigenvalue weighted by Gasteiger charge is -2.22. The fourth-order valence-electron chi connectivity index (χ4n) is 2.13. The first kappa shape index (κ1) is 14.2. The van der Waals surface area contributed by atoms with Crippen LogP contribution in [0.4, 0.5) is 8.78 Å². The predicted octanol–water partition coefficient (Wildman–Crippen LogP) is 2.35. The molecule has 0 aliphatic carbocycles. The van der Waals surface area contributed by atoms with Crippen molar-refractivity contribution in [2.24, 2.45) is 5.92 Å². The smallest absolute Gasteiger partial charge is 0.252 e. The molecule has 0 saturated carbocycles. The molecule has 1 aromatic carbocycles. The third-order valence-corrected chi connectivity index (χ3v) is 3.52. The Labute approximate surface area is 115 Å². The molecular formula is C13H15ClF2N2O. The van der Waals surface area contributed by atoms with Gasteiger partial charge in [-0.25, -0.2) is 8.78 Å². The SMILES string of the molecule is O=C(NCC1CCCNC1)c1cc(F)c(F)cc1Cl. The number of amides is 1. The third kappa shape index (κ3) is 3.64. The molecule has 104 valence electrons. The summed E-state index contributed by atoms with van der Waals surface area (Å²) < 4.78 is 26.0. The quantitative estimate of drug-likeness (QED) is 0.838. The second-order valence-electron chi connectivity index (χ2n) is 4.67. The van der Waals surface area contributed by atoms with Crippen molar-refractivity contribution in [1.82, 2.24) is 10.6 Å². The van der Waals surface area contributed by atoms with Crippen LogP contribution in [-0.2, 0) is 0 Å². The van der Waals surface area contributed by atoms with Crippen LogP contribution in [0.2, 0.25) is 5.02 Å². The zero-order valence-electron chi connectivity index (χ0n) is 10.3. The summed E-state index contributed by atoms with van der Waals surface area (Å²) >= 11 is 5.74. The van der Waals surface area contributed by atoms with Crippen LogP contribution in [0, 0.1) is 17.6 Å². The zero-order valence-corrected chi connectivity index (χ0v) is 11.1. The van der Waals surface area contributed by atoms with Crippen LogP contribution in [0.3, 0.4) is 0 Å². The first-order valence-electron chi connectivity index (χ1n) is 6.21. The molecular weight excluding hydrogens is 274 g/mol. The van der Waals surface area contributed by atoms with Gasteiger partial charge in [-0.2, -0.15) is 0 Å². The molecule has 1 saturated heterocycles. The molecule has 1 unspecified atom stereocenters. The number of carbonyl (C=O) groups excluding carboxylic acids is 1. The van der Waals surface area contributed by atoms with E-state index in [0.29, 0.717) is 12.5 Å². The van der Waals surface area contributed by atoms with Gasteiger partial charge in [-0.15, -0.1) is 0 Å². The van der Waals surface area contributed by atoms with Gasteiger partial charge < -0.3 is 10.6 Å². The van der Waals surface area contributed by atoms with E-state index in [1.807, 2.05) is 0 Å². The maximum atomic E-state index is 13.1. The molecule has 1 amide bonds. The molecule has 0 spiro atoms. The molecule has 1 aliphatic heterocycles. The van der Waals surface area contributed by atoms with Crippen LogP contribution < -0.4 is 10.6 Å². The van der Waals surface area contributed by atoms with Crippen molar-refractivity contribution in [2.45, 2.75) is 12.8 Å². The van der Waals surface area contributed by atoms with E-state index in [2.05, 4.69) is 10.6 Å². The van der Waals surface area contributed by atoms with Gasteiger partial charge in [0, 0.05) is 6.54 Å². The predicted molar refractivity (Wildman–Crippen MR) is 69.3 cm³/mol. The molecule has 6 heteroatoms. The lowest BCUT2D eigenvalue weighted by Crippen LogP contribution is -2.38. The van der Waals surface area contributed by atoms with Gasteiger partial charge in [0.2, 0.25) is 0 Å². The van der Waals surface area contributed by atoms with Crippen molar-refractivity contribution in [2.75, 3.05) is 19.6 Å². The highest BCUT2D eigenvalue weighted by Gasteiger charge is 2.17. The van der Waals surface area contributed by atoms with E-state index >= 15 is 0 Å². The molecule has 1 aliphatic rings. The molecule has 1 aromatic rings. The molecule has 0 radical (unpaired) electrons. The van der Waals surface area contributed by atoms with Gasteiger partial charge in [-0.05, 0) is 44.0 Å². The monoisotopic (exact) mass is 288 g/mol. The summed E-state index contributed by atoms with van der Waals surface area (Å²) in [5, 5.41) is 5.86. The van der Waals surface area contributed by atoms with E-state index in [1.54, 1.807) is 0 Å². The average Bonchev–Trinajstić information content (AvgIpc) is 2.41. The van der Waals surface area contributed by atoms with E-state index in [0.717, 1.165) is 38.1 Å². The molecule has 2 N–H and O–H groups in total. The topological polar surface area (TPSA) is 41.1 Å². The maximum absolute atomic E-state index is 13.1. The number of carbonyl (C=O) groups is 1. The largest absolute Gasteiger partial charge is 0.352 e. The summed E-state index contributed by atoms with van der Waals surface area (Å²) in [5.41, 5.74) is -0.0377. The van der Waals surface area contributed by atoms with Crippen LogP contribution in [-0.4, -0.2) is 25.5 Å². The number of hydrogen-bond acceptors (Lipinski definition) is 2. The van der Waals surface area contributed by atoms with Crippen LogP contribution in [0.1, 0.15) is 23.2 Å². The Morgan fingerprint density at radius 3 is 2.84 bits per heavy atom. The van der Waals surface area contributed by atoms with Gasteiger partial charge in [0.15, 0.2) is 11.6 Å². The minimum Gasteiger partial charge on any atom is -0.352 e. The van der Waals surface area contributed by atoms with Gasteiger partial charge in [0.25, 0.3) is 5.91 Å². The minimum atomic E-state index is -1.08. The highest BCUT2D eigenvalue weighted by atomic mass is 35.5. The third-order valence-electron chi connectivity index (χ3n) is 3.20. The normalized spacial score (nSPS) is 19.2.